The van der Waals surface area contributed by atoms with Crippen molar-refractivity contribution >= 4 is 7.60 Å². The Kier molecular flexibility index (Phi) is 5.90. The van der Waals surface area contributed by atoms with E-state index in [1.54, 1.807) is 13.8 Å². The smallest absolute Gasteiger partial charge is 0.332 e. The molecule has 5 heteroatoms. The molecule has 0 atom stereocenters. The number of hydrogen-bond acceptors (Lipinski definition) is 4. The summed E-state index contributed by atoms with van der Waals surface area (Å²) in [5.41, 5.74) is 2.65. The normalized spacial score (nSPS) is 16.8. The predicted octanol–water partition coefficient (Wildman–Crippen LogP) is 2.66. The minimum Gasteiger partial charge on any atom is -0.332 e. The van der Waals surface area contributed by atoms with E-state index in [1.165, 1.54) is 6.42 Å². The third-order valence-electron chi connectivity index (χ3n) is 2.30. The molecule has 0 aromatic rings. The molecule has 0 bridgehead atoms. The van der Waals surface area contributed by atoms with Gasteiger partial charge in [-0.15, -0.1) is 0 Å². The lowest BCUT2D eigenvalue weighted by atomic mass is 10.1. The third kappa shape index (κ3) is 4.57. The van der Waals surface area contributed by atoms with Gasteiger partial charge in [0.1, 0.15) is 0 Å². The molecule has 1 fully saturated rings. The van der Waals surface area contributed by atoms with Crippen molar-refractivity contribution < 1.29 is 13.6 Å². The molecule has 4 nitrogen and oxygen atoms in total. The second kappa shape index (κ2) is 6.96. The summed E-state index contributed by atoms with van der Waals surface area (Å²) in [6.45, 7) is 6.18. The highest BCUT2D eigenvalue weighted by Crippen LogP contribution is 2.46. The van der Waals surface area contributed by atoms with E-state index in [4.69, 9.17) is 9.05 Å². The Hall–Kier alpha value is -0.490. The molecule has 0 saturated carbocycles. The maximum atomic E-state index is 12.0. The average Bonchev–Trinajstić information content (AvgIpc) is 2.29. The van der Waals surface area contributed by atoms with Crippen LogP contribution in [0.15, 0.2) is 0 Å². The molecule has 92 valence electrons. The van der Waals surface area contributed by atoms with Crippen LogP contribution >= 0.6 is 7.60 Å². The van der Waals surface area contributed by atoms with E-state index in [2.05, 4.69) is 11.7 Å². The summed E-state index contributed by atoms with van der Waals surface area (Å²) in [6.07, 6.45) is 3.57. The highest BCUT2D eigenvalue weighted by Gasteiger charge is 2.20. The van der Waals surface area contributed by atoms with Crippen molar-refractivity contribution in [2.75, 3.05) is 26.3 Å². The second-order valence-corrected chi connectivity index (χ2v) is 5.34. The maximum Gasteiger partial charge on any atom is 0.407 e. The molecule has 1 saturated heterocycles. The summed E-state index contributed by atoms with van der Waals surface area (Å²) < 4.78 is 22.2. The zero-order chi connectivity index (χ0) is 11.9. The van der Waals surface area contributed by atoms with Crippen molar-refractivity contribution in [2.24, 2.45) is 0 Å². The summed E-state index contributed by atoms with van der Waals surface area (Å²) in [4.78, 5) is 1.99. The van der Waals surface area contributed by atoms with E-state index < -0.39 is 7.60 Å². The first-order valence-corrected chi connectivity index (χ1v) is 7.41. The summed E-state index contributed by atoms with van der Waals surface area (Å²) in [6, 6.07) is 2.90. The Labute approximate surface area is 97.8 Å². The lowest BCUT2D eigenvalue weighted by Crippen LogP contribution is -2.24. The van der Waals surface area contributed by atoms with Crippen molar-refractivity contribution in [1.82, 2.24) is 4.90 Å². The van der Waals surface area contributed by atoms with E-state index >= 15 is 0 Å². The predicted molar refractivity (Wildman–Crippen MR) is 64.1 cm³/mol. The summed E-state index contributed by atoms with van der Waals surface area (Å²) in [5, 5.41) is 0. The highest BCUT2D eigenvalue weighted by atomic mass is 31.2. The van der Waals surface area contributed by atoms with Crippen molar-refractivity contribution in [2.45, 2.75) is 33.1 Å². The van der Waals surface area contributed by atoms with Gasteiger partial charge in [-0.1, -0.05) is 0 Å². The van der Waals surface area contributed by atoms with Gasteiger partial charge in [-0.2, -0.15) is 0 Å². The Morgan fingerprint density at radius 3 is 2.19 bits per heavy atom. The molecule has 16 heavy (non-hydrogen) atoms. The van der Waals surface area contributed by atoms with E-state index in [0.717, 1.165) is 25.9 Å². The number of nitrogens with zero attached hydrogens (tertiary/aromatic N) is 1. The van der Waals surface area contributed by atoms with Crippen molar-refractivity contribution in [3.05, 3.63) is 0 Å². The summed E-state index contributed by atoms with van der Waals surface area (Å²) >= 11 is 0. The first-order valence-electron chi connectivity index (χ1n) is 5.87. The fourth-order valence-electron chi connectivity index (χ4n) is 1.58. The molecule has 0 spiro atoms. The third-order valence-corrected chi connectivity index (χ3v) is 3.87. The van der Waals surface area contributed by atoms with Crippen LogP contribution in [0.2, 0.25) is 0 Å². The van der Waals surface area contributed by atoms with Crippen LogP contribution in [0.5, 0.6) is 0 Å². The summed E-state index contributed by atoms with van der Waals surface area (Å²) in [5.74, 6) is 0. The van der Waals surface area contributed by atoms with E-state index in [-0.39, 0.29) is 0 Å². The molecule has 0 aromatic carbocycles. The zero-order valence-corrected chi connectivity index (χ0v) is 11.0. The molecule has 0 aliphatic carbocycles. The standard InChI is InChI=1S/C11H20NO3P/c1-3-14-16(13,15-4-2)11-10-12-8-6-5-7-9-12/h3-9H2,1-2H3. The van der Waals surface area contributed by atoms with Gasteiger partial charge in [-0.3, -0.25) is 9.05 Å². The summed E-state index contributed by atoms with van der Waals surface area (Å²) in [7, 11) is -3.19. The van der Waals surface area contributed by atoms with E-state index in [9.17, 15) is 4.57 Å². The number of rotatable bonds is 4. The van der Waals surface area contributed by atoms with Crippen LogP contribution in [0.3, 0.4) is 0 Å². The van der Waals surface area contributed by atoms with Crippen molar-refractivity contribution in [1.29, 1.82) is 0 Å². The fraction of sp³-hybridized carbons (Fsp3) is 0.818. The molecular weight excluding hydrogens is 225 g/mol. The van der Waals surface area contributed by atoms with Crippen molar-refractivity contribution in [3.8, 4) is 11.7 Å². The van der Waals surface area contributed by atoms with Gasteiger partial charge in [0.2, 0.25) is 0 Å². The lowest BCUT2D eigenvalue weighted by Gasteiger charge is -2.22. The van der Waals surface area contributed by atoms with Crippen LogP contribution in [-0.4, -0.2) is 31.2 Å². The van der Waals surface area contributed by atoms with Gasteiger partial charge in [0.25, 0.3) is 0 Å². The number of hydrogen-bond donors (Lipinski definition) is 0. The Balaban J connectivity index is 2.58. The quantitative estimate of drug-likeness (QED) is 0.564. The van der Waals surface area contributed by atoms with Crippen molar-refractivity contribution in [3.63, 3.8) is 0 Å². The molecule has 0 unspecified atom stereocenters. The lowest BCUT2D eigenvalue weighted by molar-refractivity contribution is 0.230. The van der Waals surface area contributed by atoms with Gasteiger partial charge >= 0.3 is 7.60 Å². The monoisotopic (exact) mass is 245 g/mol. The zero-order valence-electron chi connectivity index (χ0n) is 10.1. The molecule has 1 rings (SSSR count). The van der Waals surface area contributed by atoms with Gasteiger partial charge in [0, 0.05) is 24.8 Å². The topological polar surface area (TPSA) is 38.8 Å². The first-order chi connectivity index (χ1) is 7.70. The highest BCUT2D eigenvalue weighted by molar-refractivity contribution is 7.59. The molecule has 0 aromatic heterocycles. The first kappa shape index (κ1) is 13.6. The van der Waals surface area contributed by atoms with Gasteiger partial charge in [0.15, 0.2) is 0 Å². The van der Waals surface area contributed by atoms with Gasteiger partial charge in [0.05, 0.1) is 13.2 Å². The molecule has 0 radical (unpaired) electrons. The molecular formula is C11H20NO3P. The Morgan fingerprint density at radius 1 is 1.12 bits per heavy atom. The van der Waals surface area contributed by atoms with Gasteiger partial charge in [-0.25, -0.2) is 4.57 Å². The van der Waals surface area contributed by atoms with Gasteiger partial charge < -0.3 is 4.90 Å². The maximum absolute atomic E-state index is 12.0. The molecule has 1 heterocycles. The van der Waals surface area contributed by atoms with E-state index in [0.29, 0.717) is 13.2 Å². The Morgan fingerprint density at radius 2 is 1.69 bits per heavy atom. The molecule has 1 aliphatic rings. The second-order valence-electron chi connectivity index (χ2n) is 3.60. The SMILES string of the molecule is CCOP(=O)(C#CN1CCCCC1)OCC. The fourth-order valence-corrected chi connectivity index (χ4v) is 2.73. The van der Waals surface area contributed by atoms with Gasteiger partial charge in [-0.05, 0) is 33.1 Å². The van der Waals surface area contributed by atoms with Crippen LogP contribution in [0.25, 0.3) is 0 Å². The van der Waals surface area contributed by atoms with Crippen LogP contribution in [-0.2, 0) is 13.6 Å². The van der Waals surface area contributed by atoms with Crippen LogP contribution in [0.4, 0.5) is 0 Å². The van der Waals surface area contributed by atoms with Crippen LogP contribution < -0.4 is 0 Å². The number of piperidine rings is 1. The van der Waals surface area contributed by atoms with Crippen LogP contribution in [0.1, 0.15) is 33.1 Å². The van der Waals surface area contributed by atoms with Crippen LogP contribution in [0, 0.1) is 11.7 Å². The minimum absolute atomic E-state index is 0.353. The molecule has 1 aliphatic heterocycles. The largest absolute Gasteiger partial charge is 0.407 e. The Bertz CT molecular complexity index is 292. The molecule has 0 amide bonds. The minimum atomic E-state index is -3.19. The average molecular weight is 245 g/mol. The van der Waals surface area contributed by atoms with E-state index in [1.807, 2.05) is 4.90 Å². The molecule has 0 N–H and O–H groups in total. The number of likely N-dealkylation sites (tertiary alicyclic amines) is 1.